The molecule has 0 fully saturated rings. The van der Waals surface area contributed by atoms with Gasteiger partial charge in [0.1, 0.15) is 0 Å². The highest BCUT2D eigenvalue weighted by Crippen LogP contribution is 2.20. The van der Waals surface area contributed by atoms with Crippen molar-refractivity contribution < 1.29 is 9.90 Å². The van der Waals surface area contributed by atoms with Crippen LogP contribution in [0, 0.1) is 17.4 Å². The molecule has 0 spiro atoms. The van der Waals surface area contributed by atoms with Gasteiger partial charge < -0.3 is 10.8 Å². The van der Waals surface area contributed by atoms with E-state index < -0.39 is 12.4 Å². The summed E-state index contributed by atoms with van der Waals surface area (Å²) in [5, 5.41) is 11.7. The van der Waals surface area contributed by atoms with Crippen molar-refractivity contribution in [2.45, 2.75) is 26.2 Å². The minimum absolute atomic E-state index is 0.409. The van der Waals surface area contributed by atoms with E-state index in [2.05, 4.69) is 27.9 Å². The van der Waals surface area contributed by atoms with Crippen molar-refractivity contribution in [3.05, 3.63) is 32.4 Å². The monoisotopic (exact) mass is 334 g/mol. The number of nitrogens with one attached hydrogen (secondary N) is 1. The summed E-state index contributed by atoms with van der Waals surface area (Å²) in [6.07, 6.45) is -1.36. The van der Waals surface area contributed by atoms with E-state index in [9.17, 15) is 4.79 Å². The molecule has 0 aliphatic heterocycles. The van der Waals surface area contributed by atoms with Crippen molar-refractivity contribution in [2.24, 2.45) is 5.73 Å². The van der Waals surface area contributed by atoms with E-state index in [0.717, 1.165) is 16.7 Å². The van der Waals surface area contributed by atoms with Crippen LogP contribution >= 0.6 is 22.6 Å². The Labute approximate surface area is 108 Å². The van der Waals surface area contributed by atoms with Crippen LogP contribution in [0.4, 0.5) is 0 Å². The van der Waals surface area contributed by atoms with Gasteiger partial charge in [-0.15, -0.1) is 0 Å². The highest BCUT2D eigenvalue weighted by Gasteiger charge is 2.12. The molecule has 16 heavy (non-hydrogen) atoms. The van der Waals surface area contributed by atoms with Crippen LogP contribution in [0.5, 0.6) is 0 Å². The van der Waals surface area contributed by atoms with Gasteiger partial charge in [-0.25, -0.2) is 0 Å². The van der Waals surface area contributed by atoms with Crippen LogP contribution in [0.1, 0.15) is 22.9 Å². The molecule has 0 aromatic heterocycles. The third kappa shape index (κ3) is 3.24. The molecule has 0 radical (unpaired) electrons. The maximum absolute atomic E-state index is 10.3. The molecule has 0 saturated heterocycles. The van der Waals surface area contributed by atoms with Crippen LogP contribution in [0.25, 0.3) is 0 Å². The first kappa shape index (κ1) is 13.6. The number of nitrogens with two attached hydrogens (primary N) is 1. The molecule has 1 aromatic rings. The number of rotatable bonds is 4. The highest BCUT2D eigenvalue weighted by molar-refractivity contribution is 14.1. The number of carbonyl (C=O) groups excluding carboxylic acids is 1. The van der Waals surface area contributed by atoms with Gasteiger partial charge in [0.05, 0.1) is 6.17 Å². The van der Waals surface area contributed by atoms with Gasteiger partial charge >= 0.3 is 0 Å². The zero-order valence-electron chi connectivity index (χ0n) is 9.20. The van der Waals surface area contributed by atoms with Crippen molar-refractivity contribution in [1.29, 1.82) is 0 Å². The van der Waals surface area contributed by atoms with E-state index in [-0.39, 0.29) is 0 Å². The largest absolute Gasteiger partial charge is 0.371 e. The fourth-order valence-electron chi connectivity index (χ4n) is 1.48. The van der Waals surface area contributed by atoms with Gasteiger partial charge in [0, 0.05) is 3.57 Å². The predicted octanol–water partition coefficient (Wildman–Crippen LogP) is 0.972. The molecule has 4 nitrogen and oxygen atoms in total. The van der Waals surface area contributed by atoms with E-state index in [1.807, 2.05) is 26.0 Å². The van der Waals surface area contributed by atoms with Crippen molar-refractivity contribution >= 4 is 28.9 Å². The lowest BCUT2D eigenvalue weighted by Crippen LogP contribution is -2.38. The van der Waals surface area contributed by atoms with Gasteiger partial charge in [-0.05, 0) is 53.1 Å². The number of hydrogen-bond donors (Lipinski definition) is 3. The smallest absolute Gasteiger partial charge is 0.163 e. The molecule has 0 heterocycles. The van der Waals surface area contributed by atoms with Gasteiger partial charge in [0.2, 0.25) is 0 Å². The Morgan fingerprint density at radius 2 is 1.94 bits per heavy atom. The minimum Gasteiger partial charge on any atom is -0.371 e. The third-order valence-electron chi connectivity index (χ3n) is 2.30. The molecule has 0 bridgehead atoms. The Balaban J connectivity index is 2.92. The lowest BCUT2D eigenvalue weighted by atomic mass is 10.1. The van der Waals surface area contributed by atoms with Crippen LogP contribution in [-0.4, -0.2) is 17.6 Å². The number of aliphatic hydroxyl groups is 1. The first-order valence-electron chi connectivity index (χ1n) is 4.87. The average molecular weight is 334 g/mol. The van der Waals surface area contributed by atoms with Crippen molar-refractivity contribution in [2.75, 3.05) is 0 Å². The molecule has 0 saturated carbocycles. The van der Waals surface area contributed by atoms with Crippen molar-refractivity contribution in [3.8, 4) is 0 Å². The molecule has 4 N–H and O–H groups in total. The zero-order valence-corrected chi connectivity index (χ0v) is 11.4. The molecule has 2 unspecified atom stereocenters. The number of aliphatic hydroxyl groups excluding tert-OH is 1. The second-order valence-corrected chi connectivity index (χ2v) is 4.77. The molecule has 88 valence electrons. The molecular weight excluding hydrogens is 319 g/mol. The molecule has 2 atom stereocenters. The topological polar surface area (TPSA) is 75.3 Å². The Kier molecular flexibility index (Phi) is 4.85. The summed E-state index contributed by atoms with van der Waals surface area (Å²) in [6.45, 7) is 4.00. The standard InChI is InChI=1S/C11H15IN2O2/c1-6-3-8(4-7(2)10(6)12)11(13)14-9(16)5-15/h3-5,9,11,14,16H,13H2,1-2H3. The molecule has 5 heteroatoms. The van der Waals surface area contributed by atoms with Gasteiger partial charge in [-0.1, -0.05) is 12.1 Å². The fourth-order valence-corrected chi connectivity index (χ4v) is 1.79. The highest BCUT2D eigenvalue weighted by atomic mass is 127. The van der Waals surface area contributed by atoms with E-state index in [1.54, 1.807) is 0 Å². The summed E-state index contributed by atoms with van der Waals surface area (Å²) in [6, 6.07) is 3.90. The quantitative estimate of drug-likeness (QED) is 0.436. The number of aldehydes is 1. The Hall–Kier alpha value is -0.500. The van der Waals surface area contributed by atoms with E-state index in [4.69, 9.17) is 10.8 Å². The predicted molar refractivity (Wildman–Crippen MR) is 70.8 cm³/mol. The lowest BCUT2D eigenvalue weighted by molar-refractivity contribution is -0.116. The van der Waals surface area contributed by atoms with Crippen LogP contribution in [0.2, 0.25) is 0 Å². The van der Waals surface area contributed by atoms with Crippen molar-refractivity contribution in [1.82, 2.24) is 5.32 Å². The summed E-state index contributed by atoms with van der Waals surface area (Å²) in [7, 11) is 0. The Bertz CT molecular complexity index is 373. The van der Waals surface area contributed by atoms with Crippen molar-refractivity contribution in [3.63, 3.8) is 0 Å². The molecule has 1 aromatic carbocycles. The van der Waals surface area contributed by atoms with Crippen LogP contribution in [0.3, 0.4) is 0 Å². The molecule has 0 aliphatic rings. The van der Waals surface area contributed by atoms with Gasteiger partial charge in [0.15, 0.2) is 12.5 Å². The fraction of sp³-hybridized carbons (Fsp3) is 0.364. The molecule has 0 aliphatic carbocycles. The number of hydrogen-bond acceptors (Lipinski definition) is 4. The van der Waals surface area contributed by atoms with Gasteiger partial charge in [-0.2, -0.15) is 0 Å². The van der Waals surface area contributed by atoms with E-state index in [0.29, 0.717) is 6.29 Å². The van der Waals surface area contributed by atoms with Gasteiger partial charge in [0.25, 0.3) is 0 Å². The third-order valence-corrected chi connectivity index (χ3v) is 4.00. The molecule has 0 amide bonds. The number of halogens is 1. The summed E-state index contributed by atoms with van der Waals surface area (Å²) >= 11 is 2.28. The zero-order chi connectivity index (χ0) is 12.3. The second kappa shape index (κ2) is 5.72. The lowest BCUT2D eigenvalue weighted by Gasteiger charge is -2.17. The normalized spacial score (nSPS) is 14.6. The van der Waals surface area contributed by atoms with Crippen LogP contribution in [0.15, 0.2) is 12.1 Å². The number of aryl methyl sites for hydroxylation is 2. The van der Waals surface area contributed by atoms with Crippen LogP contribution < -0.4 is 11.1 Å². The molecular formula is C11H15IN2O2. The Morgan fingerprint density at radius 3 is 2.38 bits per heavy atom. The summed E-state index contributed by atoms with van der Waals surface area (Å²) < 4.78 is 1.20. The summed E-state index contributed by atoms with van der Waals surface area (Å²) in [5.74, 6) is 0. The first-order chi connectivity index (χ1) is 7.45. The average Bonchev–Trinajstić information content (AvgIpc) is 2.24. The van der Waals surface area contributed by atoms with E-state index >= 15 is 0 Å². The Morgan fingerprint density at radius 1 is 1.44 bits per heavy atom. The number of carbonyl (C=O) groups is 1. The number of benzene rings is 1. The minimum atomic E-state index is -1.23. The maximum atomic E-state index is 10.3. The SMILES string of the molecule is Cc1cc(C(N)NC(O)C=O)cc(C)c1I. The summed E-state index contributed by atoms with van der Waals surface area (Å²) in [4.78, 5) is 10.3. The second-order valence-electron chi connectivity index (χ2n) is 3.69. The van der Waals surface area contributed by atoms with Crippen LogP contribution in [-0.2, 0) is 4.79 Å². The first-order valence-corrected chi connectivity index (χ1v) is 5.95. The van der Waals surface area contributed by atoms with Gasteiger partial charge in [-0.3, -0.25) is 10.1 Å². The van der Waals surface area contributed by atoms with E-state index in [1.165, 1.54) is 3.57 Å². The summed E-state index contributed by atoms with van der Waals surface area (Å²) in [5.41, 5.74) is 8.95. The molecule has 1 rings (SSSR count). The maximum Gasteiger partial charge on any atom is 0.163 e.